The molecule has 0 saturated carbocycles. The Labute approximate surface area is 312 Å². The Kier molecular flexibility index (Phi) is 12.4. The fraction of sp³-hybridized carbons (Fsp3) is 0.528. The van der Waals surface area contributed by atoms with Crippen LogP contribution in [0.3, 0.4) is 0 Å². The minimum atomic E-state index is -1.48. The van der Waals surface area contributed by atoms with E-state index in [1.54, 1.807) is 58.6 Å². The Morgan fingerprint density at radius 2 is 1.66 bits per heavy atom. The number of carbonyl (C=O) groups is 4. The van der Waals surface area contributed by atoms with Crippen molar-refractivity contribution in [3.63, 3.8) is 0 Å². The molecule has 1 saturated heterocycles. The van der Waals surface area contributed by atoms with Crippen LogP contribution in [-0.4, -0.2) is 94.0 Å². The highest BCUT2D eigenvalue weighted by molar-refractivity contribution is 7.14. The number of pyridine rings is 1. The number of carbonyl (C=O) groups excluding carboxylic acids is 3. The Bertz CT molecular complexity index is 1850. The number of thiazole rings is 1. The van der Waals surface area contributed by atoms with E-state index < -0.39 is 46.7 Å². The number of fused-ring (bicyclic) bond motifs is 1. The number of oxime groups is 1. The summed E-state index contributed by atoms with van der Waals surface area (Å²) >= 11 is 0.955. The van der Waals surface area contributed by atoms with Gasteiger partial charge >= 0.3 is 24.1 Å². The molecule has 288 valence electrons. The molecule has 1 aromatic carbocycles. The second-order valence-electron chi connectivity index (χ2n) is 15.5. The maximum atomic E-state index is 13.1. The van der Waals surface area contributed by atoms with Gasteiger partial charge in [0.2, 0.25) is 5.71 Å². The van der Waals surface area contributed by atoms with Gasteiger partial charge in [0, 0.05) is 24.4 Å². The van der Waals surface area contributed by atoms with Crippen LogP contribution in [0, 0.1) is 5.92 Å². The normalized spacial score (nSPS) is 14.5. The van der Waals surface area contributed by atoms with Crippen LogP contribution in [0.4, 0.5) is 20.5 Å². The van der Waals surface area contributed by atoms with Crippen molar-refractivity contribution < 1.29 is 52.6 Å². The van der Waals surface area contributed by atoms with Gasteiger partial charge in [-0.15, -0.1) is 11.3 Å². The number of hydrogen-bond acceptors (Lipinski definition) is 13. The molecule has 16 nitrogen and oxygen atoms in total. The molecule has 3 N–H and O–H groups in total. The molecule has 2 amide bonds. The lowest BCUT2D eigenvalue weighted by Gasteiger charge is -2.38. The van der Waals surface area contributed by atoms with Gasteiger partial charge in [0.05, 0.1) is 25.2 Å². The summed E-state index contributed by atoms with van der Waals surface area (Å²) < 4.78 is 24.1. The highest BCUT2D eigenvalue weighted by atomic mass is 32.1. The molecule has 0 unspecified atom stereocenters. The van der Waals surface area contributed by atoms with Gasteiger partial charge in [0.15, 0.2) is 5.13 Å². The van der Waals surface area contributed by atoms with Crippen LogP contribution in [0.5, 0.6) is 5.75 Å². The van der Waals surface area contributed by atoms with Crippen molar-refractivity contribution in [2.75, 3.05) is 36.9 Å². The molecule has 1 aliphatic heterocycles. The van der Waals surface area contributed by atoms with Crippen LogP contribution < -0.4 is 19.9 Å². The van der Waals surface area contributed by atoms with E-state index in [4.69, 9.17) is 23.8 Å². The number of aryl methyl sites for hydroxylation is 1. The summed E-state index contributed by atoms with van der Waals surface area (Å²) in [5, 5.41) is 22.8. The van der Waals surface area contributed by atoms with Crippen molar-refractivity contribution in [3.8, 4) is 5.75 Å². The van der Waals surface area contributed by atoms with Gasteiger partial charge in [0.25, 0.3) is 11.9 Å². The molecule has 3 aromatic rings. The van der Waals surface area contributed by atoms with Crippen molar-refractivity contribution >= 4 is 62.9 Å². The number of carboxylic acids is 1. The zero-order valence-electron chi connectivity index (χ0n) is 31.8. The summed E-state index contributed by atoms with van der Waals surface area (Å²) in [6.07, 6.45) is -0.620. The number of amides is 2. The Morgan fingerprint density at radius 3 is 2.28 bits per heavy atom. The maximum absolute atomic E-state index is 13.1. The minimum Gasteiger partial charge on any atom is -0.489 e. The number of hydrogen-bond donors (Lipinski definition) is 3. The number of aliphatic carboxylic acids is 1. The maximum Gasteiger partial charge on any atom is 0.413 e. The first-order valence-corrected chi connectivity index (χ1v) is 17.9. The van der Waals surface area contributed by atoms with Gasteiger partial charge < -0.3 is 33.8 Å². The first-order valence-electron chi connectivity index (χ1n) is 17.0. The summed E-state index contributed by atoms with van der Waals surface area (Å²) in [6, 6.07) is 7.36. The van der Waals surface area contributed by atoms with E-state index in [0.717, 1.165) is 27.9 Å². The average molecular weight is 758 g/mol. The molecular weight excluding hydrogens is 708 g/mol. The zero-order valence-corrected chi connectivity index (χ0v) is 32.6. The molecular formula is C36H49N6O10S+. The standard InChI is InChI=1S/C36H48N6O10S/c1-34(2,3)49-30(45)26(52-40-27(29(43)44)25-20-53-31(38-25)39-32(46)50-35(4,5)6)19-48-23-11-12-24-22(15-23)13-14-41(10)28(24)37-16-21-17-42(18-21)33(47)51-36(7,8)9/h11-15,20-21,26H,16-19H2,1-10H3,(H2,38,39,43,44,46)/p+1/b40-27-/t26-/m0/s1. The fourth-order valence-corrected chi connectivity index (χ4v) is 5.58. The van der Waals surface area contributed by atoms with Gasteiger partial charge in [0.1, 0.15) is 34.9 Å². The Morgan fingerprint density at radius 1 is 1.00 bits per heavy atom. The van der Waals surface area contributed by atoms with Gasteiger partial charge in [-0.1, -0.05) is 5.16 Å². The van der Waals surface area contributed by atoms with Crippen LogP contribution >= 0.6 is 11.3 Å². The highest BCUT2D eigenvalue weighted by Gasteiger charge is 2.35. The largest absolute Gasteiger partial charge is 0.489 e. The van der Waals surface area contributed by atoms with Crippen LogP contribution in [0.2, 0.25) is 0 Å². The van der Waals surface area contributed by atoms with E-state index in [1.807, 2.05) is 50.7 Å². The predicted octanol–water partition coefficient (Wildman–Crippen LogP) is 5.34. The number of nitrogens with one attached hydrogen (secondary N) is 2. The van der Waals surface area contributed by atoms with E-state index in [9.17, 15) is 24.3 Å². The van der Waals surface area contributed by atoms with Crippen LogP contribution in [0.15, 0.2) is 41.0 Å². The number of esters is 1. The van der Waals surface area contributed by atoms with Crippen LogP contribution in [0.1, 0.15) is 68.0 Å². The molecule has 0 radical (unpaired) electrons. The molecule has 53 heavy (non-hydrogen) atoms. The highest BCUT2D eigenvalue weighted by Crippen LogP contribution is 2.27. The fourth-order valence-electron chi connectivity index (χ4n) is 4.90. The third-order valence-electron chi connectivity index (χ3n) is 7.18. The number of likely N-dealkylation sites (tertiary alicyclic amines) is 1. The first kappa shape index (κ1) is 40.6. The topological polar surface area (TPSA) is 191 Å². The van der Waals surface area contributed by atoms with E-state index >= 15 is 0 Å². The second kappa shape index (κ2) is 16.2. The monoisotopic (exact) mass is 757 g/mol. The number of aromatic nitrogens is 2. The molecule has 4 rings (SSSR count). The van der Waals surface area contributed by atoms with Gasteiger partial charge in [-0.25, -0.2) is 28.7 Å². The van der Waals surface area contributed by atoms with Gasteiger partial charge in [-0.3, -0.25) is 10.6 Å². The first-order chi connectivity index (χ1) is 24.6. The lowest BCUT2D eigenvalue weighted by Crippen LogP contribution is -2.54. The lowest BCUT2D eigenvalue weighted by molar-refractivity contribution is -0.656. The third-order valence-corrected chi connectivity index (χ3v) is 7.93. The number of benzene rings is 1. The Balaban J connectivity index is 1.45. The molecule has 0 aliphatic carbocycles. The summed E-state index contributed by atoms with van der Waals surface area (Å²) in [6.45, 7) is 17.2. The van der Waals surface area contributed by atoms with Gasteiger partial charge in [-0.05, 0) is 92.0 Å². The quantitative estimate of drug-likeness (QED) is 0.0708. The summed E-state index contributed by atoms with van der Waals surface area (Å²) in [7, 11) is 1.93. The smallest absolute Gasteiger partial charge is 0.413 e. The van der Waals surface area contributed by atoms with Crippen LogP contribution in [0.25, 0.3) is 10.8 Å². The third kappa shape index (κ3) is 12.2. The number of anilines is 2. The summed E-state index contributed by atoms with van der Waals surface area (Å²) in [5.74, 6) is -0.742. The average Bonchev–Trinajstić information content (AvgIpc) is 3.43. The van der Waals surface area contributed by atoms with Crippen molar-refractivity contribution in [1.82, 2.24) is 9.88 Å². The van der Waals surface area contributed by atoms with E-state index in [2.05, 4.69) is 20.8 Å². The van der Waals surface area contributed by atoms with Crippen molar-refractivity contribution in [1.29, 1.82) is 0 Å². The summed E-state index contributed by atoms with van der Waals surface area (Å²) in [5.41, 5.74) is -2.89. The Hall–Kier alpha value is -5.19. The van der Waals surface area contributed by atoms with Crippen molar-refractivity contribution in [2.45, 2.75) is 85.2 Å². The SMILES string of the molecule is C[n+]1ccc2cc(OC[C@H](O/N=C(\C(=O)O)c3csc(NC(=O)OC(C)(C)C)n3)C(=O)OC(C)(C)C)ccc2c1NCC1CN(C(=O)OC(C)(C)C)C1. The molecule has 1 aliphatic rings. The number of ether oxygens (including phenoxy) is 4. The molecule has 0 bridgehead atoms. The molecule has 1 fully saturated rings. The molecule has 1 atom stereocenters. The summed E-state index contributed by atoms with van der Waals surface area (Å²) in [4.78, 5) is 61.0. The van der Waals surface area contributed by atoms with Gasteiger partial charge in [-0.2, -0.15) is 0 Å². The van der Waals surface area contributed by atoms with E-state index in [1.165, 1.54) is 5.38 Å². The molecule has 3 heterocycles. The number of nitrogens with zero attached hydrogens (tertiary/aromatic N) is 4. The van der Waals surface area contributed by atoms with E-state index in [-0.39, 0.29) is 29.4 Å². The lowest BCUT2D eigenvalue weighted by atomic mass is 10.0. The van der Waals surface area contributed by atoms with Crippen molar-refractivity contribution in [3.05, 3.63) is 41.5 Å². The van der Waals surface area contributed by atoms with Crippen LogP contribution in [-0.2, 0) is 35.7 Å². The zero-order chi connectivity index (χ0) is 39.3. The number of carboxylic acid groups (broad SMARTS) is 1. The van der Waals surface area contributed by atoms with Crippen molar-refractivity contribution in [2.24, 2.45) is 18.1 Å². The number of rotatable bonds is 12. The predicted molar refractivity (Wildman–Crippen MR) is 197 cm³/mol. The van der Waals surface area contributed by atoms with E-state index in [0.29, 0.717) is 25.4 Å². The molecule has 2 aromatic heterocycles. The second-order valence-corrected chi connectivity index (χ2v) is 16.4. The molecule has 0 spiro atoms. The minimum absolute atomic E-state index is 0.0753. The molecule has 17 heteroatoms.